The molecule has 1 fully saturated rings. The first-order chi connectivity index (χ1) is 11.0. The molecule has 0 bridgehead atoms. The summed E-state index contributed by atoms with van der Waals surface area (Å²) in [6.45, 7) is 3.36. The fraction of sp³-hybridized carbons (Fsp3) is 0.846. The molecule has 1 saturated heterocycles. The third-order valence-corrected chi connectivity index (χ3v) is 7.47. The number of nitrogens with zero attached hydrogens (tertiary/aromatic N) is 1. The summed E-state index contributed by atoms with van der Waals surface area (Å²) in [5.41, 5.74) is 0. The molecule has 134 valence electrons. The number of esters is 2. The van der Waals surface area contributed by atoms with Gasteiger partial charge in [0.05, 0.1) is 13.2 Å². The Morgan fingerprint density at radius 1 is 1.04 bits per heavy atom. The summed E-state index contributed by atoms with van der Waals surface area (Å²) in [5.74, 6) is -0.771. The van der Waals surface area contributed by atoms with Crippen molar-refractivity contribution < 1.29 is 23.8 Å². The minimum atomic E-state index is -0.515. The zero-order valence-corrected chi connectivity index (χ0v) is 18.7. The Balaban J connectivity index is 2.55. The van der Waals surface area contributed by atoms with Crippen LogP contribution in [0.5, 0.6) is 0 Å². The van der Waals surface area contributed by atoms with E-state index in [1.165, 1.54) is 0 Å². The monoisotopic (exact) mass is 585 g/mol. The van der Waals surface area contributed by atoms with E-state index in [2.05, 4.69) is 68.6 Å². The number of carbonyl (C=O) groups excluding carboxylic acids is 2. The summed E-state index contributed by atoms with van der Waals surface area (Å²) >= 11 is 12.9. The fourth-order valence-corrected chi connectivity index (χ4v) is 2.59. The first kappa shape index (κ1) is 21.8. The zero-order valence-electron chi connectivity index (χ0n) is 12.4. The zero-order chi connectivity index (χ0) is 17.2. The smallest absolute Gasteiger partial charge is 0.321 e. The van der Waals surface area contributed by atoms with Crippen molar-refractivity contribution in [3.05, 3.63) is 0 Å². The first-order valence-electron chi connectivity index (χ1n) is 7.05. The summed E-state index contributed by atoms with van der Waals surface area (Å²) in [6.07, 6.45) is -0.515. The molecule has 0 aromatic rings. The van der Waals surface area contributed by atoms with Crippen molar-refractivity contribution in [1.29, 1.82) is 0 Å². The number of alkyl halides is 4. The first-order valence-corrected chi connectivity index (χ1v) is 11.1. The lowest BCUT2D eigenvalue weighted by atomic mass is 10.3. The number of hydrogen-bond acceptors (Lipinski definition) is 6. The van der Waals surface area contributed by atoms with Gasteiger partial charge in [0.25, 0.3) is 0 Å². The minimum absolute atomic E-state index is 0.0268. The maximum Gasteiger partial charge on any atom is 0.321 e. The lowest BCUT2D eigenvalue weighted by Crippen LogP contribution is -2.44. The van der Waals surface area contributed by atoms with Gasteiger partial charge in [-0.1, -0.05) is 63.7 Å². The van der Waals surface area contributed by atoms with Gasteiger partial charge in [0.15, 0.2) is 0 Å². The fourth-order valence-electron chi connectivity index (χ4n) is 1.83. The average molecular weight is 589 g/mol. The highest BCUT2D eigenvalue weighted by Gasteiger charge is 2.25. The molecule has 1 heterocycles. The van der Waals surface area contributed by atoms with E-state index in [0.717, 1.165) is 13.1 Å². The summed E-state index contributed by atoms with van der Waals surface area (Å²) < 4.78 is 16.0. The molecular weight excluding hydrogens is 570 g/mol. The second-order valence-corrected chi connectivity index (χ2v) is 8.35. The van der Waals surface area contributed by atoms with Crippen LogP contribution in [0.2, 0.25) is 0 Å². The summed E-state index contributed by atoms with van der Waals surface area (Å²) in [6, 6.07) is 0. The van der Waals surface area contributed by atoms with Gasteiger partial charge in [0, 0.05) is 30.3 Å². The van der Waals surface area contributed by atoms with Crippen LogP contribution in [0.4, 0.5) is 0 Å². The Labute approximate surface area is 169 Å². The van der Waals surface area contributed by atoms with E-state index in [9.17, 15) is 9.59 Å². The molecule has 0 saturated carbocycles. The molecule has 0 radical (unpaired) electrons. The quantitative estimate of drug-likeness (QED) is 0.304. The average Bonchev–Trinajstić information content (AvgIpc) is 2.58. The summed E-state index contributed by atoms with van der Waals surface area (Å²) in [4.78, 5) is 25.0. The number of halogens is 4. The Bertz CT molecular complexity index is 381. The standard InChI is InChI=1S/C13H19Br4NO5/c14-5-10(16)12(19)22-8-9(23-13(20)11(17)6-15)7-18-1-3-21-4-2-18/h9-11H,1-8H2. The van der Waals surface area contributed by atoms with E-state index in [4.69, 9.17) is 14.2 Å². The van der Waals surface area contributed by atoms with E-state index in [1.54, 1.807) is 0 Å². The lowest BCUT2D eigenvalue weighted by Gasteiger charge is -2.30. The van der Waals surface area contributed by atoms with Crippen molar-refractivity contribution in [2.45, 2.75) is 15.8 Å². The van der Waals surface area contributed by atoms with Gasteiger partial charge in [0.1, 0.15) is 22.4 Å². The number of ether oxygens (including phenoxy) is 3. The van der Waals surface area contributed by atoms with Gasteiger partial charge in [0.2, 0.25) is 0 Å². The molecule has 0 aromatic heterocycles. The number of rotatable bonds is 9. The molecule has 10 heteroatoms. The highest BCUT2D eigenvalue weighted by atomic mass is 79.9. The molecular formula is C13H19Br4NO5. The van der Waals surface area contributed by atoms with E-state index < -0.39 is 15.8 Å². The van der Waals surface area contributed by atoms with Gasteiger partial charge < -0.3 is 14.2 Å². The molecule has 1 aliphatic heterocycles. The van der Waals surface area contributed by atoms with Crippen LogP contribution in [-0.2, 0) is 23.8 Å². The van der Waals surface area contributed by atoms with Crippen molar-refractivity contribution >= 4 is 75.7 Å². The molecule has 0 spiro atoms. The van der Waals surface area contributed by atoms with Crippen LogP contribution in [0.15, 0.2) is 0 Å². The minimum Gasteiger partial charge on any atom is -0.461 e. The SMILES string of the molecule is O=C(OCC(CN1CCOCC1)OC(=O)C(Br)CBr)C(Br)CBr. The van der Waals surface area contributed by atoms with Crippen LogP contribution in [0.1, 0.15) is 0 Å². The number of morpholine rings is 1. The van der Waals surface area contributed by atoms with Gasteiger partial charge in [-0.25, -0.2) is 0 Å². The van der Waals surface area contributed by atoms with Crippen molar-refractivity contribution in [2.24, 2.45) is 0 Å². The maximum atomic E-state index is 12.0. The normalized spacial score (nSPS) is 19.7. The molecule has 6 nitrogen and oxygen atoms in total. The third-order valence-electron chi connectivity index (χ3n) is 3.04. The van der Waals surface area contributed by atoms with Gasteiger partial charge >= 0.3 is 11.9 Å². The second-order valence-electron chi connectivity index (χ2n) is 4.85. The Hall–Kier alpha value is 0.780. The van der Waals surface area contributed by atoms with Crippen LogP contribution in [0.3, 0.4) is 0 Å². The largest absolute Gasteiger partial charge is 0.461 e. The molecule has 0 aromatic carbocycles. The highest BCUT2D eigenvalue weighted by molar-refractivity contribution is 9.12. The van der Waals surface area contributed by atoms with Crippen LogP contribution in [0, 0.1) is 0 Å². The topological polar surface area (TPSA) is 65.1 Å². The Morgan fingerprint density at radius 3 is 2.17 bits per heavy atom. The Kier molecular flexibility index (Phi) is 11.6. The van der Waals surface area contributed by atoms with E-state index in [1.807, 2.05) is 0 Å². The van der Waals surface area contributed by atoms with Crippen LogP contribution < -0.4 is 0 Å². The van der Waals surface area contributed by atoms with Gasteiger partial charge in [-0.3, -0.25) is 14.5 Å². The molecule has 3 atom stereocenters. The highest BCUT2D eigenvalue weighted by Crippen LogP contribution is 2.11. The van der Waals surface area contributed by atoms with Crippen LogP contribution >= 0.6 is 63.7 Å². The predicted molar refractivity (Wildman–Crippen MR) is 101 cm³/mol. The lowest BCUT2D eigenvalue weighted by molar-refractivity contribution is -0.159. The molecule has 0 amide bonds. The van der Waals surface area contributed by atoms with Crippen molar-refractivity contribution in [3.8, 4) is 0 Å². The third kappa shape index (κ3) is 8.62. The predicted octanol–water partition coefficient (Wildman–Crippen LogP) is 2.09. The van der Waals surface area contributed by atoms with Crippen molar-refractivity contribution in [3.63, 3.8) is 0 Å². The molecule has 23 heavy (non-hydrogen) atoms. The van der Waals surface area contributed by atoms with Gasteiger partial charge in [-0.05, 0) is 0 Å². The summed E-state index contributed by atoms with van der Waals surface area (Å²) in [5, 5.41) is 0.899. The number of carbonyl (C=O) groups is 2. The summed E-state index contributed by atoms with van der Waals surface area (Å²) in [7, 11) is 0. The second kappa shape index (κ2) is 12.2. The van der Waals surface area contributed by atoms with Gasteiger partial charge in [-0.2, -0.15) is 0 Å². The van der Waals surface area contributed by atoms with E-state index >= 15 is 0 Å². The van der Waals surface area contributed by atoms with Crippen molar-refractivity contribution in [1.82, 2.24) is 4.90 Å². The molecule has 1 rings (SSSR count). The van der Waals surface area contributed by atoms with E-state index in [0.29, 0.717) is 30.4 Å². The molecule has 0 aliphatic carbocycles. The number of hydrogen-bond donors (Lipinski definition) is 0. The molecule has 0 N–H and O–H groups in total. The van der Waals surface area contributed by atoms with Gasteiger partial charge in [-0.15, -0.1) is 0 Å². The Morgan fingerprint density at radius 2 is 1.61 bits per heavy atom. The molecule has 3 unspecified atom stereocenters. The van der Waals surface area contributed by atoms with E-state index in [-0.39, 0.29) is 18.5 Å². The van der Waals surface area contributed by atoms with Crippen LogP contribution in [0.25, 0.3) is 0 Å². The van der Waals surface area contributed by atoms with Crippen LogP contribution in [-0.4, -0.2) is 82.7 Å². The van der Waals surface area contributed by atoms with Crippen molar-refractivity contribution in [2.75, 3.05) is 50.1 Å². The maximum absolute atomic E-state index is 12.0. The molecule has 1 aliphatic rings.